The largest absolute Gasteiger partial charge is 0.490 e. The lowest BCUT2D eigenvalue weighted by Gasteiger charge is -2.05. The second kappa shape index (κ2) is 5.19. The number of nitro groups is 1. The van der Waals surface area contributed by atoms with E-state index in [1.807, 2.05) is 6.92 Å². The molecular weight excluding hydrogens is 268 g/mol. The Kier molecular flexibility index (Phi) is 3.61. The second-order valence-corrected chi connectivity index (χ2v) is 4.13. The van der Waals surface area contributed by atoms with Crippen molar-refractivity contribution in [3.05, 3.63) is 33.1 Å². The van der Waals surface area contributed by atoms with Crippen molar-refractivity contribution in [2.75, 3.05) is 7.11 Å². The summed E-state index contributed by atoms with van der Waals surface area (Å²) in [5.74, 6) is 0.782. The van der Waals surface area contributed by atoms with Crippen LogP contribution in [0.15, 0.2) is 18.2 Å². The average molecular weight is 280 g/mol. The third-order valence-corrected chi connectivity index (χ3v) is 3.02. The summed E-state index contributed by atoms with van der Waals surface area (Å²) in [6, 6.07) is 4.68. The molecule has 0 aliphatic carbocycles. The molecule has 2 aromatic rings. The Hall–Kier alpha value is -2.22. The maximum Gasteiger partial charge on any atom is 0.311 e. The highest BCUT2D eigenvalue weighted by molar-refractivity contribution is 7.71. The zero-order valence-electron chi connectivity index (χ0n) is 10.4. The summed E-state index contributed by atoms with van der Waals surface area (Å²) in [5, 5.41) is 17.8. The summed E-state index contributed by atoms with van der Waals surface area (Å²) in [4.78, 5) is 10.5. The second-order valence-electron chi connectivity index (χ2n) is 3.74. The molecule has 8 heteroatoms. The van der Waals surface area contributed by atoms with Crippen LogP contribution >= 0.6 is 12.2 Å². The molecule has 0 amide bonds. The first-order valence-corrected chi connectivity index (χ1v) is 5.97. The van der Waals surface area contributed by atoms with Crippen LogP contribution in [-0.4, -0.2) is 26.8 Å². The predicted molar refractivity (Wildman–Crippen MR) is 71.7 cm³/mol. The van der Waals surface area contributed by atoms with Crippen LogP contribution in [0, 0.1) is 14.9 Å². The van der Waals surface area contributed by atoms with E-state index < -0.39 is 4.92 Å². The molecule has 1 N–H and O–H groups in total. The Labute approximate surface area is 114 Å². The molecule has 0 unspecified atom stereocenters. The van der Waals surface area contributed by atoms with E-state index >= 15 is 0 Å². The van der Waals surface area contributed by atoms with Gasteiger partial charge in [0.2, 0.25) is 0 Å². The van der Waals surface area contributed by atoms with Crippen molar-refractivity contribution in [1.29, 1.82) is 0 Å². The molecule has 1 aromatic heterocycles. The standard InChI is InChI=1S/C11H12N4O3S/c1-3-14-10(12-13-11(14)19)7-4-5-9(18-2)8(6-7)15(16)17/h4-6H,3H2,1-2H3,(H,13,19). The summed E-state index contributed by atoms with van der Waals surface area (Å²) in [7, 11) is 1.39. The Morgan fingerprint density at radius 1 is 1.58 bits per heavy atom. The number of ether oxygens (including phenoxy) is 1. The predicted octanol–water partition coefficient (Wildman–Crippen LogP) is 2.54. The topological polar surface area (TPSA) is 86.0 Å². The van der Waals surface area contributed by atoms with Gasteiger partial charge in [-0.15, -0.1) is 0 Å². The number of H-pyrrole nitrogens is 1. The summed E-state index contributed by atoms with van der Waals surface area (Å²) < 4.78 is 7.21. The third kappa shape index (κ3) is 2.34. The lowest BCUT2D eigenvalue weighted by atomic mass is 10.1. The summed E-state index contributed by atoms with van der Waals surface area (Å²) in [5.41, 5.74) is 0.512. The van der Waals surface area contributed by atoms with Gasteiger partial charge in [-0.2, -0.15) is 5.10 Å². The highest BCUT2D eigenvalue weighted by atomic mass is 32.1. The molecule has 0 atom stereocenters. The zero-order valence-corrected chi connectivity index (χ0v) is 11.2. The highest BCUT2D eigenvalue weighted by Crippen LogP contribution is 2.31. The van der Waals surface area contributed by atoms with E-state index in [9.17, 15) is 10.1 Å². The van der Waals surface area contributed by atoms with Gasteiger partial charge in [0, 0.05) is 18.2 Å². The molecule has 7 nitrogen and oxygen atoms in total. The Bertz CT molecular complexity index is 677. The normalized spacial score (nSPS) is 10.4. The average Bonchev–Trinajstić information content (AvgIpc) is 2.78. The molecule has 0 bridgehead atoms. The molecule has 0 spiro atoms. The van der Waals surface area contributed by atoms with E-state index in [0.717, 1.165) is 0 Å². The van der Waals surface area contributed by atoms with Gasteiger partial charge in [0.1, 0.15) is 0 Å². The van der Waals surface area contributed by atoms with E-state index in [1.165, 1.54) is 13.2 Å². The van der Waals surface area contributed by atoms with Gasteiger partial charge in [0.05, 0.1) is 12.0 Å². The van der Waals surface area contributed by atoms with Crippen molar-refractivity contribution in [2.24, 2.45) is 0 Å². The van der Waals surface area contributed by atoms with E-state index in [1.54, 1.807) is 16.7 Å². The summed E-state index contributed by atoms with van der Waals surface area (Å²) in [6.07, 6.45) is 0. The fourth-order valence-electron chi connectivity index (χ4n) is 1.80. The Morgan fingerprint density at radius 2 is 2.32 bits per heavy atom. The monoisotopic (exact) mass is 280 g/mol. The van der Waals surface area contributed by atoms with Crippen molar-refractivity contribution < 1.29 is 9.66 Å². The van der Waals surface area contributed by atoms with Gasteiger partial charge in [-0.05, 0) is 31.3 Å². The minimum Gasteiger partial charge on any atom is -0.490 e. The van der Waals surface area contributed by atoms with Crippen molar-refractivity contribution >= 4 is 17.9 Å². The first-order chi connectivity index (χ1) is 9.08. The molecule has 0 fully saturated rings. The Morgan fingerprint density at radius 3 is 2.89 bits per heavy atom. The number of nitrogens with one attached hydrogen (secondary N) is 1. The summed E-state index contributed by atoms with van der Waals surface area (Å²) >= 11 is 5.09. The molecule has 0 saturated heterocycles. The van der Waals surface area contributed by atoms with Crippen LogP contribution in [0.5, 0.6) is 5.75 Å². The van der Waals surface area contributed by atoms with E-state index in [-0.39, 0.29) is 11.4 Å². The van der Waals surface area contributed by atoms with Gasteiger partial charge >= 0.3 is 5.69 Å². The number of benzene rings is 1. The maximum atomic E-state index is 11.0. The summed E-state index contributed by atoms with van der Waals surface area (Å²) in [6.45, 7) is 2.55. The molecule has 1 aromatic carbocycles. The minimum atomic E-state index is -0.486. The molecule has 19 heavy (non-hydrogen) atoms. The van der Waals surface area contributed by atoms with Crippen molar-refractivity contribution in [1.82, 2.24) is 14.8 Å². The number of aromatic nitrogens is 3. The van der Waals surface area contributed by atoms with Gasteiger partial charge in [-0.25, -0.2) is 0 Å². The smallest absolute Gasteiger partial charge is 0.311 e. The number of nitrogens with zero attached hydrogens (tertiary/aromatic N) is 3. The quantitative estimate of drug-likeness (QED) is 0.528. The van der Waals surface area contributed by atoms with E-state index in [2.05, 4.69) is 10.2 Å². The molecule has 0 saturated carbocycles. The highest BCUT2D eigenvalue weighted by Gasteiger charge is 2.18. The Balaban J connectivity index is 2.60. The van der Waals surface area contributed by atoms with Crippen LogP contribution in [0.3, 0.4) is 0 Å². The minimum absolute atomic E-state index is 0.100. The van der Waals surface area contributed by atoms with Crippen LogP contribution in [0.4, 0.5) is 5.69 Å². The first-order valence-electron chi connectivity index (χ1n) is 5.56. The van der Waals surface area contributed by atoms with Crippen LogP contribution in [-0.2, 0) is 6.54 Å². The lowest BCUT2D eigenvalue weighted by molar-refractivity contribution is -0.385. The number of hydrogen-bond donors (Lipinski definition) is 1. The van der Waals surface area contributed by atoms with Crippen molar-refractivity contribution in [3.63, 3.8) is 0 Å². The molecule has 100 valence electrons. The van der Waals surface area contributed by atoms with E-state index in [0.29, 0.717) is 22.7 Å². The molecule has 2 rings (SSSR count). The lowest BCUT2D eigenvalue weighted by Crippen LogP contribution is -1.99. The van der Waals surface area contributed by atoms with Gasteiger partial charge in [0.15, 0.2) is 16.3 Å². The van der Waals surface area contributed by atoms with Crippen LogP contribution in [0.25, 0.3) is 11.4 Å². The van der Waals surface area contributed by atoms with Gasteiger partial charge in [-0.1, -0.05) is 0 Å². The van der Waals surface area contributed by atoms with Crippen LogP contribution < -0.4 is 4.74 Å². The number of hydrogen-bond acceptors (Lipinski definition) is 5. The van der Waals surface area contributed by atoms with Gasteiger partial charge in [-0.3, -0.25) is 15.2 Å². The molecule has 1 heterocycles. The number of rotatable bonds is 4. The number of nitro benzene ring substituents is 1. The van der Waals surface area contributed by atoms with Crippen molar-refractivity contribution in [2.45, 2.75) is 13.5 Å². The first kappa shape index (κ1) is 13.2. The molecule has 0 radical (unpaired) electrons. The fraction of sp³-hybridized carbons (Fsp3) is 0.273. The van der Waals surface area contributed by atoms with Crippen LogP contribution in [0.1, 0.15) is 6.92 Å². The van der Waals surface area contributed by atoms with Gasteiger partial charge < -0.3 is 9.30 Å². The molecule has 0 aliphatic heterocycles. The SMILES string of the molecule is CCn1c(-c2ccc(OC)c([N+](=O)[O-])c2)n[nH]c1=S. The van der Waals surface area contributed by atoms with E-state index in [4.69, 9.17) is 17.0 Å². The fourth-order valence-corrected chi connectivity index (χ4v) is 2.06. The number of aromatic amines is 1. The molecular formula is C11H12N4O3S. The molecule has 0 aliphatic rings. The number of methoxy groups -OCH3 is 1. The maximum absolute atomic E-state index is 11.0. The third-order valence-electron chi connectivity index (χ3n) is 2.71. The zero-order chi connectivity index (χ0) is 14.0. The van der Waals surface area contributed by atoms with Gasteiger partial charge in [0.25, 0.3) is 0 Å². The van der Waals surface area contributed by atoms with Crippen molar-refractivity contribution in [3.8, 4) is 17.1 Å². The van der Waals surface area contributed by atoms with Crippen LogP contribution in [0.2, 0.25) is 0 Å².